The van der Waals surface area contributed by atoms with Gasteiger partial charge in [0.25, 0.3) is 0 Å². The molecule has 152 valence electrons. The van der Waals surface area contributed by atoms with E-state index in [1.54, 1.807) is 24.3 Å². The summed E-state index contributed by atoms with van der Waals surface area (Å²) < 4.78 is 28.3. The highest BCUT2D eigenvalue weighted by atomic mass is 32.2. The molecule has 0 saturated carbocycles. The topological polar surface area (TPSA) is 58.2 Å². The van der Waals surface area contributed by atoms with Crippen molar-refractivity contribution in [2.45, 2.75) is 17.9 Å². The molecule has 0 aliphatic rings. The molecule has 0 unspecified atom stereocenters. The first-order valence-electron chi connectivity index (χ1n) is 9.88. The van der Waals surface area contributed by atoms with E-state index in [9.17, 15) is 8.42 Å². The lowest BCUT2D eigenvalue weighted by molar-refractivity contribution is 0.576. The number of rotatable bonds is 7. The third-order valence-corrected chi connectivity index (χ3v) is 6.54. The van der Waals surface area contributed by atoms with E-state index in [2.05, 4.69) is 34.3 Å². The summed E-state index contributed by atoms with van der Waals surface area (Å²) in [4.78, 5) is 0.269. The molecule has 5 heteroatoms. The molecule has 0 fully saturated rings. The number of fused-ring (bicyclic) bond motifs is 1. The van der Waals surface area contributed by atoms with Crippen molar-refractivity contribution in [3.63, 3.8) is 0 Å². The zero-order valence-corrected chi connectivity index (χ0v) is 17.6. The monoisotopic (exact) mass is 416 g/mol. The second-order valence-electron chi connectivity index (χ2n) is 7.33. The normalized spacial score (nSPS) is 12.6. The summed E-state index contributed by atoms with van der Waals surface area (Å²) in [7, 11) is -3.60. The van der Waals surface area contributed by atoms with Crippen molar-refractivity contribution in [1.29, 1.82) is 0 Å². The van der Waals surface area contributed by atoms with E-state index in [0.717, 1.165) is 22.2 Å². The van der Waals surface area contributed by atoms with E-state index in [1.807, 2.05) is 55.5 Å². The van der Waals surface area contributed by atoms with E-state index in [0.29, 0.717) is 0 Å². The third-order valence-electron chi connectivity index (χ3n) is 5.10. The molecule has 4 nitrogen and oxygen atoms in total. The van der Waals surface area contributed by atoms with Crippen LogP contribution in [-0.4, -0.2) is 15.0 Å². The lowest BCUT2D eigenvalue weighted by Gasteiger charge is -2.21. The standard InChI is InChI=1S/C25H24N2O2S/c1-19-11-15-24(16-12-19)30(28,29)26-18-25(21-8-3-2-4-9-21)27-23-14-13-20-7-5-6-10-22(20)17-23/h2-17,25-27H,18H2,1H3/t25-/m0/s1. The number of aryl methyl sites for hydroxylation is 1. The van der Waals surface area contributed by atoms with Gasteiger partial charge in [0, 0.05) is 12.2 Å². The van der Waals surface area contributed by atoms with E-state index < -0.39 is 10.0 Å². The van der Waals surface area contributed by atoms with Gasteiger partial charge in [-0.15, -0.1) is 0 Å². The Balaban J connectivity index is 1.57. The number of nitrogens with one attached hydrogen (secondary N) is 2. The number of hydrogen-bond donors (Lipinski definition) is 2. The summed E-state index contributed by atoms with van der Waals surface area (Å²) >= 11 is 0. The molecule has 4 rings (SSSR count). The molecule has 0 radical (unpaired) electrons. The van der Waals surface area contributed by atoms with Gasteiger partial charge in [0.15, 0.2) is 0 Å². The predicted octanol–water partition coefficient (Wildman–Crippen LogP) is 5.28. The Hall–Kier alpha value is -3.15. The van der Waals surface area contributed by atoms with Crippen molar-refractivity contribution in [3.8, 4) is 0 Å². The first-order chi connectivity index (χ1) is 14.5. The van der Waals surface area contributed by atoms with Crippen LogP contribution in [0.1, 0.15) is 17.2 Å². The van der Waals surface area contributed by atoms with Crippen LogP contribution in [0, 0.1) is 6.92 Å². The van der Waals surface area contributed by atoms with Crippen LogP contribution < -0.4 is 10.0 Å². The summed E-state index contributed by atoms with van der Waals surface area (Å²) in [6.45, 7) is 2.16. The van der Waals surface area contributed by atoms with Crippen LogP contribution in [0.2, 0.25) is 0 Å². The minimum atomic E-state index is -3.60. The number of anilines is 1. The van der Waals surface area contributed by atoms with Gasteiger partial charge in [-0.05, 0) is 47.5 Å². The lowest BCUT2D eigenvalue weighted by atomic mass is 10.1. The highest BCUT2D eigenvalue weighted by molar-refractivity contribution is 7.89. The molecule has 4 aromatic carbocycles. The molecule has 0 saturated heterocycles. The van der Waals surface area contributed by atoms with Gasteiger partial charge in [0.1, 0.15) is 0 Å². The van der Waals surface area contributed by atoms with E-state index in [4.69, 9.17) is 0 Å². The molecule has 0 bridgehead atoms. The largest absolute Gasteiger partial charge is 0.377 e. The van der Waals surface area contributed by atoms with Crippen molar-refractivity contribution in [2.24, 2.45) is 0 Å². The average molecular weight is 417 g/mol. The fraction of sp³-hybridized carbons (Fsp3) is 0.120. The van der Waals surface area contributed by atoms with Gasteiger partial charge < -0.3 is 5.32 Å². The molecule has 1 atom stereocenters. The SMILES string of the molecule is Cc1ccc(S(=O)(=O)NC[C@H](Nc2ccc3ccccc3c2)c2ccccc2)cc1. The first-order valence-corrected chi connectivity index (χ1v) is 11.4. The Morgan fingerprint density at radius 3 is 2.17 bits per heavy atom. The number of sulfonamides is 1. The Bertz CT molecular complexity index is 1240. The van der Waals surface area contributed by atoms with Gasteiger partial charge in [0.2, 0.25) is 10.0 Å². The van der Waals surface area contributed by atoms with Gasteiger partial charge in [-0.3, -0.25) is 0 Å². The Morgan fingerprint density at radius 1 is 0.767 bits per heavy atom. The summed E-state index contributed by atoms with van der Waals surface area (Å²) in [5.74, 6) is 0. The van der Waals surface area contributed by atoms with Crippen LogP contribution in [0.3, 0.4) is 0 Å². The number of benzene rings is 4. The minimum absolute atomic E-state index is 0.215. The van der Waals surface area contributed by atoms with Crippen LogP contribution in [-0.2, 0) is 10.0 Å². The molecule has 0 aromatic heterocycles. The van der Waals surface area contributed by atoms with Crippen molar-refractivity contribution < 1.29 is 8.42 Å². The van der Waals surface area contributed by atoms with Gasteiger partial charge in [-0.2, -0.15) is 0 Å². The Labute approximate surface area is 177 Å². The van der Waals surface area contributed by atoms with Crippen LogP contribution in [0.25, 0.3) is 10.8 Å². The molecule has 0 spiro atoms. The molecule has 0 amide bonds. The van der Waals surface area contributed by atoms with Crippen LogP contribution in [0.5, 0.6) is 0 Å². The van der Waals surface area contributed by atoms with Crippen molar-refractivity contribution >= 4 is 26.5 Å². The molecule has 30 heavy (non-hydrogen) atoms. The minimum Gasteiger partial charge on any atom is -0.377 e. The summed E-state index contributed by atoms with van der Waals surface area (Å²) in [5.41, 5.74) is 2.98. The van der Waals surface area contributed by atoms with Crippen molar-refractivity contribution in [1.82, 2.24) is 4.72 Å². The highest BCUT2D eigenvalue weighted by Gasteiger charge is 2.18. The van der Waals surface area contributed by atoms with Gasteiger partial charge in [-0.1, -0.05) is 78.4 Å². The predicted molar refractivity (Wildman–Crippen MR) is 123 cm³/mol. The molecule has 2 N–H and O–H groups in total. The quantitative estimate of drug-likeness (QED) is 0.431. The van der Waals surface area contributed by atoms with Crippen LogP contribution in [0.15, 0.2) is 102 Å². The molecular formula is C25H24N2O2S. The fourth-order valence-corrected chi connectivity index (χ4v) is 4.46. The second-order valence-corrected chi connectivity index (χ2v) is 9.10. The average Bonchev–Trinajstić information content (AvgIpc) is 2.77. The maximum Gasteiger partial charge on any atom is 0.240 e. The van der Waals surface area contributed by atoms with Crippen LogP contribution in [0.4, 0.5) is 5.69 Å². The van der Waals surface area contributed by atoms with E-state index >= 15 is 0 Å². The lowest BCUT2D eigenvalue weighted by Crippen LogP contribution is -2.31. The van der Waals surface area contributed by atoms with E-state index in [1.165, 1.54) is 5.39 Å². The van der Waals surface area contributed by atoms with Crippen LogP contribution >= 0.6 is 0 Å². The van der Waals surface area contributed by atoms with Crippen molar-refractivity contribution in [3.05, 3.63) is 108 Å². The second kappa shape index (κ2) is 8.69. The third kappa shape index (κ3) is 4.70. The smallest absolute Gasteiger partial charge is 0.240 e. The maximum absolute atomic E-state index is 12.8. The molecule has 4 aromatic rings. The number of hydrogen-bond acceptors (Lipinski definition) is 3. The van der Waals surface area contributed by atoms with Gasteiger partial charge in [0.05, 0.1) is 10.9 Å². The Kier molecular flexibility index (Phi) is 5.84. The van der Waals surface area contributed by atoms with E-state index in [-0.39, 0.29) is 17.5 Å². The molecule has 0 aliphatic carbocycles. The van der Waals surface area contributed by atoms with Gasteiger partial charge in [-0.25, -0.2) is 13.1 Å². The Morgan fingerprint density at radius 2 is 1.43 bits per heavy atom. The highest BCUT2D eigenvalue weighted by Crippen LogP contribution is 2.24. The molecule has 0 heterocycles. The zero-order valence-electron chi connectivity index (χ0n) is 16.7. The summed E-state index contributed by atoms with van der Waals surface area (Å²) in [5, 5.41) is 5.79. The molecular weight excluding hydrogens is 392 g/mol. The summed E-state index contributed by atoms with van der Waals surface area (Å²) in [6, 6.07) is 30.9. The summed E-state index contributed by atoms with van der Waals surface area (Å²) in [6.07, 6.45) is 0. The van der Waals surface area contributed by atoms with Crippen molar-refractivity contribution in [2.75, 3.05) is 11.9 Å². The molecule has 0 aliphatic heterocycles. The fourth-order valence-electron chi connectivity index (χ4n) is 3.41. The maximum atomic E-state index is 12.8. The first kappa shape index (κ1) is 20.1. The van der Waals surface area contributed by atoms with Gasteiger partial charge >= 0.3 is 0 Å². The zero-order chi connectivity index (χ0) is 21.0.